The topological polar surface area (TPSA) is 80.7 Å². The molecule has 0 fully saturated rings. The van der Waals surface area contributed by atoms with Crippen molar-refractivity contribution in [1.29, 1.82) is 0 Å². The highest BCUT2D eigenvalue weighted by Crippen LogP contribution is 2.11. The first-order chi connectivity index (χ1) is 7.11. The molecule has 0 rings (SSSR count). The molecule has 0 aromatic carbocycles. The molecule has 0 aliphatic heterocycles. The van der Waals surface area contributed by atoms with Gasteiger partial charge in [0, 0.05) is 13.3 Å². The van der Waals surface area contributed by atoms with Gasteiger partial charge in [0.2, 0.25) is 0 Å². The largest absolute Gasteiger partial charge is 0.481 e. The Balaban J connectivity index is 0. The Hall–Kier alpha value is -1.39. The second-order valence-corrected chi connectivity index (χ2v) is 4.27. The van der Waals surface area contributed by atoms with E-state index in [2.05, 4.69) is 4.74 Å². The second kappa shape index (κ2) is 7.84. The summed E-state index contributed by atoms with van der Waals surface area (Å²) in [6.45, 7) is 8.05. The number of carbonyl (C=O) groups excluding carboxylic acids is 2. The van der Waals surface area contributed by atoms with Gasteiger partial charge < -0.3 is 9.84 Å². The van der Waals surface area contributed by atoms with E-state index in [1.54, 1.807) is 20.8 Å². The smallest absolute Gasteiger partial charge is 0.313 e. The number of rotatable bonds is 2. The molecule has 16 heavy (non-hydrogen) atoms. The van der Waals surface area contributed by atoms with Crippen molar-refractivity contribution < 1.29 is 24.2 Å². The Morgan fingerprint density at radius 2 is 1.56 bits per heavy atom. The number of carbonyl (C=O) groups is 3. The van der Waals surface area contributed by atoms with Crippen LogP contribution in [0.15, 0.2) is 0 Å². The van der Waals surface area contributed by atoms with Crippen molar-refractivity contribution in [3.63, 3.8) is 0 Å². The maximum Gasteiger partial charge on any atom is 0.313 e. The Bertz CT molecular complexity index is 250. The van der Waals surface area contributed by atoms with E-state index in [1.165, 1.54) is 6.92 Å². The first-order valence-electron chi connectivity index (χ1n) is 5.05. The number of hydrogen-bond acceptors (Lipinski definition) is 4. The quantitative estimate of drug-likeness (QED) is 0.581. The molecule has 0 saturated carbocycles. The molecular weight excluding hydrogens is 212 g/mol. The molecule has 0 aromatic rings. The van der Waals surface area contributed by atoms with Crippen LogP contribution in [0.2, 0.25) is 0 Å². The van der Waals surface area contributed by atoms with Gasteiger partial charge in [0.05, 0.1) is 5.41 Å². The minimum absolute atomic E-state index is 0.319. The predicted molar refractivity (Wildman–Crippen MR) is 58.8 cm³/mol. The van der Waals surface area contributed by atoms with Crippen LogP contribution in [-0.4, -0.2) is 23.0 Å². The molecule has 0 bridgehead atoms. The second-order valence-electron chi connectivity index (χ2n) is 4.27. The van der Waals surface area contributed by atoms with E-state index in [9.17, 15) is 14.4 Å². The molecule has 1 N–H and O–H groups in total. The molecule has 0 spiro atoms. The van der Waals surface area contributed by atoms with Gasteiger partial charge in [0.1, 0.15) is 0 Å². The molecular formula is C11H20O5. The van der Waals surface area contributed by atoms with Crippen molar-refractivity contribution in [2.45, 2.75) is 47.5 Å². The van der Waals surface area contributed by atoms with Gasteiger partial charge in [-0.05, 0) is 27.2 Å². The number of carboxylic acid groups (broad SMARTS) is 1. The molecule has 0 unspecified atom stereocenters. The lowest BCUT2D eigenvalue weighted by molar-refractivity contribution is -0.158. The van der Waals surface area contributed by atoms with Gasteiger partial charge >= 0.3 is 17.9 Å². The maximum absolute atomic E-state index is 10.4. The Kier molecular flexibility index (Phi) is 8.34. The minimum atomic E-state index is -0.757. The highest BCUT2D eigenvalue weighted by atomic mass is 16.6. The van der Waals surface area contributed by atoms with Gasteiger partial charge in [0.25, 0.3) is 0 Å². The monoisotopic (exact) mass is 232 g/mol. The van der Waals surface area contributed by atoms with Gasteiger partial charge in [-0.25, -0.2) is 0 Å². The highest BCUT2D eigenvalue weighted by molar-refractivity contribution is 5.83. The van der Waals surface area contributed by atoms with E-state index >= 15 is 0 Å². The summed E-state index contributed by atoms with van der Waals surface area (Å²) in [7, 11) is 0. The number of hydrogen-bond donors (Lipinski definition) is 1. The molecule has 5 heteroatoms. The number of aliphatic carboxylic acids is 1. The summed E-state index contributed by atoms with van der Waals surface area (Å²) in [6.07, 6.45) is 1.03. The summed E-state index contributed by atoms with van der Waals surface area (Å²) in [5, 5.41) is 8.25. The molecule has 0 atom stereocenters. The fraction of sp³-hybridized carbons (Fsp3) is 0.727. The fourth-order valence-corrected chi connectivity index (χ4v) is 0.415. The van der Waals surface area contributed by atoms with Gasteiger partial charge in [0.15, 0.2) is 0 Å². The van der Waals surface area contributed by atoms with Crippen LogP contribution in [0.25, 0.3) is 0 Å². The molecule has 0 aromatic heterocycles. The van der Waals surface area contributed by atoms with Crippen molar-refractivity contribution in [2.75, 3.05) is 0 Å². The van der Waals surface area contributed by atoms with Crippen molar-refractivity contribution in [3.05, 3.63) is 0 Å². The Morgan fingerprint density at radius 1 is 1.19 bits per heavy atom. The SMILES string of the molecule is CC(C)(C)C(=O)O.CCCC(=O)OC(C)=O. The maximum atomic E-state index is 10.4. The lowest BCUT2D eigenvalue weighted by atomic mass is 9.98. The van der Waals surface area contributed by atoms with E-state index in [0.29, 0.717) is 12.8 Å². The summed E-state index contributed by atoms with van der Waals surface area (Å²) in [5.74, 6) is -1.73. The molecule has 94 valence electrons. The molecule has 0 amide bonds. The third-order valence-electron chi connectivity index (χ3n) is 1.35. The van der Waals surface area contributed by atoms with Gasteiger partial charge in [-0.15, -0.1) is 0 Å². The van der Waals surface area contributed by atoms with E-state index in [4.69, 9.17) is 5.11 Å². The van der Waals surface area contributed by atoms with E-state index in [0.717, 1.165) is 0 Å². The van der Waals surface area contributed by atoms with Crippen LogP contribution in [0.5, 0.6) is 0 Å². The van der Waals surface area contributed by atoms with E-state index in [1.807, 2.05) is 6.92 Å². The average molecular weight is 232 g/mol. The van der Waals surface area contributed by atoms with Crippen molar-refractivity contribution >= 4 is 17.9 Å². The normalized spacial score (nSPS) is 9.81. The van der Waals surface area contributed by atoms with Crippen LogP contribution < -0.4 is 0 Å². The number of ether oxygens (including phenoxy) is 1. The number of esters is 2. The third-order valence-corrected chi connectivity index (χ3v) is 1.35. The van der Waals surface area contributed by atoms with Crippen LogP contribution in [0.1, 0.15) is 47.5 Å². The highest BCUT2D eigenvalue weighted by Gasteiger charge is 2.18. The van der Waals surface area contributed by atoms with Gasteiger partial charge in [-0.3, -0.25) is 14.4 Å². The molecule has 5 nitrogen and oxygen atoms in total. The predicted octanol–water partition coefficient (Wildman–Crippen LogP) is 1.99. The summed E-state index contributed by atoms with van der Waals surface area (Å²) in [4.78, 5) is 30.5. The zero-order valence-corrected chi connectivity index (χ0v) is 10.5. The summed E-state index contributed by atoms with van der Waals surface area (Å²) in [6, 6.07) is 0. The first-order valence-corrected chi connectivity index (χ1v) is 5.05. The zero-order chi connectivity index (χ0) is 13.4. The molecule has 0 radical (unpaired) electrons. The van der Waals surface area contributed by atoms with Crippen LogP contribution >= 0.6 is 0 Å². The van der Waals surface area contributed by atoms with Gasteiger partial charge in [-0.2, -0.15) is 0 Å². The van der Waals surface area contributed by atoms with Crippen LogP contribution in [-0.2, 0) is 19.1 Å². The van der Waals surface area contributed by atoms with E-state index < -0.39 is 23.3 Å². The summed E-state index contributed by atoms with van der Waals surface area (Å²) >= 11 is 0. The molecule has 0 saturated heterocycles. The summed E-state index contributed by atoms with van der Waals surface area (Å²) < 4.78 is 4.21. The summed E-state index contributed by atoms with van der Waals surface area (Å²) in [5.41, 5.74) is -0.583. The standard InChI is InChI=1S/C6H10O3.C5H10O2/c1-3-4-6(8)9-5(2)7;1-5(2,3)4(6)7/h3-4H2,1-2H3;1-3H3,(H,6,7). The Labute approximate surface area is 95.8 Å². The fourth-order valence-electron chi connectivity index (χ4n) is 0.415. The Morgan fingerprint density at radius 3 is 1.75 bits per heavy atom. The number of carboxylic acids is 1. The van der Waals surface area contributed by atoms with Crippen molar-refractivity contribution in [2.24, 2.45) is 5.41 Å². The molecule has 0 aliphatic rings. The first kappa shape index (κ1) is 17.0. The van der Waals surface area contributed by atoms with Crippen molar-refractivity contribution in [1.82, 2.24) is 0 Å². The molecule has 0 aliphatic carbocycles. The lowest BCUT2D eigenvalue weighted by Gasteiger charge is -2.08. The van der Waals surface area contributed by atoms with Crippen molar-refractivity contribution in [3.8, 4) is 0 Å². The van der Waals surface area contributed by atoms with Gasteiger partial charge in [-0.1, -0.05) is 6.92 Å². The van der Waals surface area contributed by atoms with Crippen LogP contribution in [0.4, 0.5) is 0 Å². The van der Waals surface area contributed by atoms with E-state index in [-0.39, 0.29) is 0 Å². The van der Waals surface area contributed by atoms with Crippen LogP contribution in [0, 0.1) is 5.41 Å². The van der Waals surface area contributed by atoms with Crippen LogP contribution in [0.3, 0.4) is 0 Å². The average Bonchev–Trinajstić information content (AvgIpc) is 2.01. The lowest BCUT2D eigenvalue weighted by Crippen LogP contribution is -2.18. The third kappa shape index (κ3) is 12.6. The zero-order valence-electron chi connectivity index (χ0n) is 10.5. The minimum Gasteiger partial charge on any atom is -0.481 e. The molecule has 0 heterocycles.